The maximum Gasteiger partial charge on any atom is 0.237 e. The standard InChI is InChI=1S/C20H23ClN2O2/c1-16(22-11-13-23(14-12-22)20(24)15-21)17-7-9-19(10-8-17)25-18-5-3-2-4-6-18/h2-10,16H,11-15H2,1H3/p+1/t16-/m0/s1. The van der Waals surface area contributed by atoms with Gasteiger partial charge in [-0.15, -0.1) is 11.6 Å². The Kier molecular flexibility index (Phi) is 5.95. The van der Waals surface area contributed by atoms with E-state index in [4.69, 9.17) is 16.3 Å². The third kappa shape index (κ3) is 4.53. The van der Waals surface area contributed by atoms with Gasteiger partial charge in [-0.05, 0) is 43.3 Å². The van der Waals surface area contributed by atoms with Crippen LogP contribution < -0.4 is 9.64 Å². The molecule has 1 heterocycles. The molecule has 25 heavy (non-hydrogen) atoms. The van der Waals surface area contributed by atoms with E-state index in [1.54, 1.807) is 0 Å². The molecule has 2 aromatic carbocycles. The number of halogens is 1. The maximum atomic E-state index is 11.7. The minimum Gasteiger partial charge on any atom is -0.457 e. The molecule has 0 aliphatic carbocycles. The molecule has 0 spiro atoms. The van der Waals surface area contributed by atoms with Crippen molar-refractivity contribution in [2.75, 3.05) is 32.1 Å². The minimum absolute atomic E-state index is 0.0378. The fraction of sp³-hybridized carbons (Fsp3) is 0.350. The van der Waals surface area contributed by atoms with E-state index in [2.05, 4.69) is 19.1 Å². The third-order valence-electron chi connectivity index (χ3n) is 4.84. The van der Waals surface area contributed by atoms with Crippen molar-refractivity contribution >= 4 is 17.5 Å². The first-order valence-electron chi connectivity index (χ1n) is 8.68. The van der Waals surface area contributed by atoms with Crippen molar-refractivity contribution in [1.82, 2.24) is 4.90 Å². The average molecular weight is 360 g/mol. The highest BCUT2D eigenvalue weighted by atomic mass is 35.5. The van der Waals surface area contributed by atoms with Crippen molar-refractivity contribution in [2.24, 2.45) is 0 Å². The molecule has 1 saturated heterocycles. The van der Waals surface area contributed by atoms with Gasteiger partial charge in [-0.25, -0.2) is 0 Å². The van der Waals surface area contributed by atoms with Crippen LogP contribution in [0.1, 0.15) is 18.5 Å². The van der Waals surface area contributed by atoms with Gasteiger partial charge in [-0.2, -0.15) is 0 Å². The lowest BCUT2D eigenvalue weighted by atomic mass is 10.1. The van der Waals surface area contributed by atoms with Crippen LogP contribution in [-0.4, -0.2) is 42.9 Å². The first kappa shape index (κ1) is 17.8. The number of para-hydroxylation sites is 1. The van der Waals surface area contributed by atoms with Gasteiger partial charge in [0.1, 0.15) is 23.4 Å². The second-order valence-corrected chi connectivity index (χ2v) is 6.65. The highest BCUT2D eigenvalue weighted by Crippen LogP contribution is 2.22. The van der Waals surface area contributed by atoms with E-state index in [0.717, 1.165) is 37.7 Å². The number of nitrogens with one attached hydrogen (secondary N) is 1. The number of carbonyl (C=O) groups excluding carboxylic acids is 1. The van der Waals surface area contributed by atoms with Gasteiger partial charge in [-0.3, -0.25) is 4.79 Å². The normalized spacial score (nSPS) is 16.5. The lowest BCUT2D eigenvalue weighted by Crippen LogP contribution is -3.14. The summed E-state index contributed by atoms with van der Waals surface area (Å²) in [7, 11) is 0. The summed E-state index contributed by atoms with van der Waals surface area (Å²) in [5.74, 6) is 1.80. The van der Waals surface area contributed by atoms with Crippen LogP contribution in [0.25, 0.3) is 0 Å². The largest absolute Gasteiger partial charge is 0.457 e. The van der Waals surface area contributed by atoms with Gasteiger partial charge < -0.3 is 14.5 Å². The number of nitrogens with zero attached hydrogens (tertiary/aromatic N) is 1. The summed E-state index contributed by atoms with van der Waals surface area (Å²) in [6.07, 6.45) is 0. The molecule has 0 unspecified atom stereocenters. The Morgan fingerprint density at radius 2 is 1.68 bits per heavy atom. The van der Waals surface area contributed by atoms with Crippen LogP contribution >= 0.6 is 11.6 Å². The molecule has 0 bridgehead atoms. The zero-order chi connectivity index (χ0) is 17.6. The van der Waals surface area contributed by atoms with Crippen molar-refractivity contribution < 1.29 is 14.4 Å². The van der Waals surface area contributed by atoms with E-state index in [1.807, 2.05) is 47.4 Å². The minimum atomic E-state index is 0.0378. The van der Waals surface area contributed by atoms with Gasteiger partial charge in [-0.1, -0.05) is 18.2 Å². The number of alkyl halides is 1. The predicted molar refractivity (Wildman–Crippen MR) is 99.4 cm³/mol. The fourth-order valence-corrected chi connectivity index (χ4v) is 3.41. The van der Waals surface area contributed by atoms with E-state index < -0.39 is 0 Å². The van der Waals surface area contributed by atoms with Crippen LogP contribution in [0.5, 0.6) is 11.5 Å². The molecule has 1 atom stereocenters. The van der Waals surface area contributed by atoms with E-state index in [-0.39, 0.29) is 11.8 Å². The smallest absolute Gasteiger partial charge is 0.237 e. The molecule has 1 fully saturated rings. The zero-order valence-corrected chi connectivity index (χ0v) is 15.2. The molecular formula is C20H24ClN2O2+. The Morgan fingerprint density at radius 3 is 2.28 bits per heavy atom. The molecule has 1 amide bonds. The first-order valence-corrected chi connectivity index (χ1v) is 9.22. The number of hydrogen-bond acceptors (Lipinski definition) is 2. The number of piperazine rings is 1. The number of quaternary nitrogens is 1. The Morgan fingerprint density at radius 1 is 1.08 bits per heavy atom. The summed E-state index contributed by atoms with van der Waals surface area (Å²) in [5.41, 5.74) is 1.28. The van der Waals surface area contributed by atoms with E-state index in [0.29, 0.717) is 6.04 Å². The second-order valence-electron chi connectivity index (χ2n) is 6.38. The molecule has 1 N–H and O–H groups in total. The third-order valence-corrected chi connectivity index (χ3v) is 5.07. The quantitative estimate of drug-likeness (QED) is 0.832. The molecule has 5 heteroatoms. The summed E-state index contributed by atoms with van der Waals surface area (Å²) in [6, 6.07) is 18.5. The molecule has 2 aromatic rings. The van der Waals surface area contributed by atoms with Crippen molar-refractivity contribution in [3.8, 4) is 11.5 Å². The highest BCUT2D eigenvalue weighted by Gasteiger charge is 2.27. The maximum absolute atomic E-state index is 11.7. The van der Waals surface area contributed by atoms with Crippen molar-refractivity contribution in [2.45, 2.75) is 13.0 Å². The van der Waals surface area contributed by atoms with Crippen LogP contribution in [0.15, 0.2) is 54.6 Å². The lowest BCUT2D eigenvalue weighted by Gasteiger charge is -2.35. The monoisotopic (exact) mass is 359 g/mol. The van der Waals surface area contributed by atoms with Crippen LogP contribution in [0.4, 0.5) is 0 Å². The summed E-state index contributed by atoms with van der Waals surface area (Å²) >= 11 is 5.64. The molecular weight excluding hydrogens is 336 g/mol. The Hall–Kier alpha value is -2.04. The molecule has 132 valence electrons. The number of ether oxygens (including phenoxy) is 1. The van der Waals surface area contributed by atoms with Crippen molar-refractivity contribution in [1.29, 1.82) is 0 Å². The molecule has 0 radical (unpaired) electrons. The van der Waals surface area contributed by atoms with Gasteiger partial charge in [0.05, 0.1) is 26.2 Å². The molecule has 3 rings (SSSR count). The number of amides is 1. The van der Waals surface area contributed by atoms with Crippen molar-refractivity contribution in [3.05, 3.63) is 60.2 Å². The summed E-state index contributed by atoms with van der Waals surface area (Å²) in [6.45, 7) is 5.69. The van der Waals surface area contributed by atoms with E-state index in [1.165, 1.54) is 10.5 Å². The number of rotatable bonds is 5. The van der Waals surface area contributed by atoms with Crippen LogP contribution in [-0.2, 0) is 4.79 Å². The van der Waals surface area contributed by atoms with Crippen molar-refractivity contribution in [3.63, 3.8) is 0 Å². The average Bonchev–Trinajstić information content (AvgIpc) is 2.68. The number of carbonyl (C=O) groups is 1. The van der Waals surface area contributed by atoms with Crippen LogP contribution in [0.2, 0.25) is 0 Å². The molecule has 1 aliphatic heterocycles. The van der Waals surface area contributed by atoms with Gasteiger partial charge >= 0.3 is 0 Å². The Balaban J connectivity index is 1.58. The summed E-state index contributed by atoms with van der Waals surface area (Å²) in [4.78, 5) is 15.0. The van der Waals surface area contributed by atoms with Gasteiger partial charge in [0.2, 0.25) is 5.91 Å². The summed E-state index contributed by atoms with van der Waals surface area (Å²) < 4.78 is 5.85. The zero-order valence-electron chi connectivity index (χ0n) is 14.5. The topological polar surface area (TPSA) is 34.0 Å². The Labute approximate surface area is 154 Å². The van der Waals surface area contributed by atoms with Gasteiger partial charge in [0.25, 0.3) is 0 Å². The molecule has 0 saturated carbocycles. The number of hydrogen-bond donors (Lipinski definition) is 1. The second kappa shape index (κ2) is 8.37. The van der Waals surface area contributed by atoms with E-state index in [9.17, 15) is 4.79 Å². The number of benzene rings is 2. The first-order chi connectivity index (χ1) is 12.2. The van der Waals surface area contributed by atoms with Gasteiger partial charge in [0, 0.05) is 5.56 Å². The Bertz CT molecular complexity index is 683. The van der Waals surface area contributed by atoms with E-state index >= 15 is 0 Å². The lowest BCUT2D eigenvalue weighted by molar-refractivity contribution is -0.933. The fourth-order valence-electron chi connectivity index (χ4n) is 3.25. The molecule has 1 aliphatic rings. The van der Waals surface area contributed by atoms with Crippen LogP contribution in [0.3, 0.4) is 0 Å². The van der Waals surface area contributed by atoms with Gasteiger partial charge in [0.15, 0.2) is 0 Å². The molecule has 4 nitrogen and oxygen atoms in total. The summed E-state index contributed by atoms with van der Waals surface area (Å²) in [5, 5.41) is 0. The SMILES string of the molecule is C[C@@H](c1ccc(Oc2ccccc2)cc1)[NH+]1CCN(C(=O)CCl)CC1. The predicted octanol–water partition coefficient (Wildman–Crippen LogP) is 2.51. The highest BCUT2D eigenvalue weighted by molar-refractivity contribution is 6.27. The van der Waals surface area contributed by atoms with Crippen LogP contribution in [0, 0.1) is 0 Å². The molecule has 0 aromatic heterocycles.